The summed E-state index contributed by atoms with van der Waals surface area (Å²) in [5.41, 5.74) is 2.74. The summed E-state index contributed by atoms with van der Waals surface area (Å²) in [5, 5.41) is 2.77. The average molecular weight is 427 g/mol. The smallest absolute Gasteiger partial charge is 0.228 e. The highest BCUT2D eigenvalue weighted by molar-refractivity contribution is 7.13. The van der Waals surface area contributed by atoms with Crippen molar-refractivity contribution in [1.82, 2.24) is 9.88 Å². The highest BCUT2D eigenvalue weighted by atomic mass is 32.1. The molecule has 0 fully saturated rings. The fraction of sp³-hybridized carbons (Fsp3) is 0.304. The Bertz CT molecular complexity index is 985. The van der Waals surface area contributed by atoms with E-state index in [2.05, 4.69) is 4.98 Å². The van der Waals surface area contributed by atoms with Crippen molar-refractivity contribution in [1.29, 1.82) is 0 Å². The van der Waals surface area contributed by atoms with Crippen molar-refractivity contribution in [2.75, 3.05) is 27.9 Å². The van der Waals surface area contributed by atoms with E-state index in [0.29, 0.717) is 24.7 Å². The SMILES string of the molecule is CCOc1ccc(CN(C)C(=O)Cc2csc(-c3ccc(OC)c(OC)c3)n2)cc1. The second kappa shape index (κ2) is 10.1. The number of hydrogen-bond acceptors (Lipinski definition) is 6. The molecule has 0 aliphatic rings. The first kappa shape index (κ1) is 21.6. The highest BCUT2D eigenvalue weighted by Gasteiger charge is 2.14. The minimum atomic E-state index is 0.0213. The van der Waals surface area contributed by atoms with E-state index in [0.717, 1.165) is 27.6 Å². The van der Waals surface area contributed by atoms with Crippen LogP contribution in [0.2, 0.25) is 0 Å². The molecule has 30 heavy (non-hydrogen) atoms. The highest BCUT2D eigenvalue weighted by Crippen LogP contribution is 2.33. The van der Waals surface area contributed by atoms with Crippen molar-refractivity contribution < 1.29 is 19.0 Å². The van der Waals surface area contributed by atoms with Crippen LogP contribution in [0.25, 0.3) is 10.6 Å². The Kier molecular flexibility index (Phi) is 7.30. The lowest BCUT2D eigenvalue weighted by atomic mass is 10.2. The number of methoxy groups -OCH3 is 2. The first-order valence-electron chi connectivity index (χ1n) is 9.66. The van der Waals surface area contributed by atoms with E-state index in [9.17, 15) is 4.79 Å². The third kappa shape index (κ3) is 5.30. The molecule has 3 rings (SSSR count). The predicted molar refractivity (Wildman–Crippen MR) is 118 cm³/mol. The number of carbonyl (C=O) groups excluding carboxylic acids is 1. The zero-order valence-corrected chi connectivity index (χ0v) is 18.5. The third-order valence-electron chi connectivity index (χ3n) is 4.59. The number of hydrogen-bond donors (Lipinski definition) is 0. The van der Waals surface area contributed by atoms with Crippen LogP contribution in [-0.4, -0.2) is 43.7 Å². The van der Waals surface area contributed by atoms with Crippen LogP contribution >= 0.6 is 11.3 Å². The standard InChI is InChI=1S/C23H26N2O4S/c1-5-29-19-9-6-16(7-10-19)14-25(2)22(26)13-18-15-30-23(24-18)17-8-11-20(27-3)21(12-17)28-4/h6-12,15H,5,13-14H2,1-4H3. The summed E-state index contributed by atoms with van der Waals surface area (Å²) < 4.78 is 16.1. The van der Waals surface area contributed by atoms with E-state index in [1.54, 1.807) is 26.2 Å². The lowest BCUT2D eigenvalue weighted by molar-refractivity contribution is -0.129. The van der Waals surface area contributed by atoms with E-state index in [4.69, 9.17) is 14.2 Å². The van der Waals surface area contributed by atoms with Gasteiger partial charge >= 0.3 is 0 Å². The summed E-state index contributed by atoms with van der Waals surface area (Å²) >= 11 is 1.51. The normalized spacial score (nSPS) is 10.5. The number of benzene rings is 2. The molecule has 0 spiro atoms. The van der Waals surface area contributed by atoms with E-state index in [1.807, 2.05) is 54.8 Å². The summed E-state index contributed by atoms with van der Waals surface area (Å²) in [5.74, 6) is 2.18. The zero-order chi connectivity index (χ0) is 21.5. The van der Waals surface area contributed by atoms with Crippen LogP contribution < -0.4 is 14.2 Å². The lowest BCUT2D eigenvalue weighted by Gasteiger charge is -2.17. The van der Waals surface area contributed by atoms with Crippen molar-refractivity contribution in [3.63, 3.8) is 0 Å². The maximum Gasteiger partial charge on any atom is 0.228 e. The molecule has 0 N–H and O–H groups in total. The van der Waals surface area contributed by atoms with Crippen molar-refractivity contribution in [3.8, 4) is 27.8 Å². The molecule has 7 heteroatoms. The molecule has 1 aromatic heterocycles. The maximum atomic E-state index is 12.6. The molecule has 1 heterocycles. The third-order valence-corrected chi connectivity index (χ3v) is 5.53. The topological polar surface area (TPSA) is 60.9 Å². The monoisotopic (exact) mass is 426 g/mol. The van der Waals surface area contributed by atoms with E-state index < -0.39 is 0 Å². The molecule has 3 aromatic rings. The molecule has 0 saturated carbocycles. The van der Waals surface area contributed by atoms with Crippen LogP contribution in [0.4, 0.5) is 0 Å². The van der Waals surface area contributed by atoms with Gasteiger partial charge in [0.2, 0.25) is 5.91 Å². The number of likely N-dealkylation sites (N-methyl/N-ethyl adjacent to an activating group) is 1. The van der Waals surface area contributed by atoms with Gasteiger partial charge in [0.25, 0.3) is 0 Å². The number of ether oxygens (including phenoxy) is 3. The Morgan fingerprint density at radius 3 is 2.47 bits per heavy atom. The molecule has 1 amide bonds. The van der Waals surface area contributed by atoms with Gasteiger partial charge in [0.15, 0.2) is 11.5 Å². The fourth-order valence-electron chi connectivity index (χ4n) is 3.00. The van der Waals surface area contributed by atoms with Gasteiger partial charge in [-0.05, 0) is 42.8 Å². The summed E-state index contributed by atoms with van der Waals surface area (Å²) in [6, 6.07) is 13.5. The first-order chi connectivity index (χ1) is 14.5. The molecule has 6 nitrogen and oxygen atoms in total. The van der Waals surface area contributed by atoms with E-state index in [-0.39, 0.29) is 12.3 Å². The van der Waals surface area contributed by atoms with Gasteiger partial charge in [-0.3, -0.25) is 4.79 Å². The van der Waals surface area contributed by atoms with Gasteiger partial charge in [-0.2, -0.15) is 0 Å². The Labute approximate surface area is 181 Å². The van der Waals surface area contributed by atoms with Gasteiger partial charge in [-0.25, -0.2) is 4.98 Å². The summed E-state index contributed by atoms with van der Waals surface area (Å²) in [7, 11) is 5.02. The predicted octanol–water partition coefficient (Wildman–Crippen LogP) is 4.43. The maximum absolute atomic E-state index is 12.6. The van der Waals surface area contributed by atoms with E-state index in [1.165, 1.54) is 11.3 Å². The number of nitrogens with zero attached hydrogens (tertiary/aromatic N) is 2. The minimum absolute atomic E-state index is 0.0213. The second-order valence-corrected chi connectivity index (χ2v) is 7.58. The molecule has 0 aliphatic carbocycles. The van der Waals surface area contributed by atoms with Gasteiger partial charge in [0, 0.05) is 24.5 Å². The molecule has 0 radical (unpaired) electrons. The van der Waals surface area contributed by atoms with E-state index >= 15 is 0 Å². The summed E-state index contributed by atoms with van der Waals surface area (Å²) in [6.45, 7) is 3.13. The Balaban J connectivity index is 1.62. The number of aromatic nitrogens is 1. The molecular formula is C23H26N2O4S. The van der Waals surface area contributed by atoms with Gasteiger partial charge in [0.05, 0.1) is 32.9 Å². The van der Waals surface area contributed by atoms with Crippen LogP contribution in [0.5, 0.6) is 17.2 Å². The van der Waals surface area contributed by atoms with Crippen LogP contribution in [0.3, 0.4) is 0 Å². The fourth-order valence-corrected chi connectivity index (χ4v) is 3.82. The lowest BCUT2D eigenvalue weighted by Crippen LogP contribution is -2.27. The Hall–Kier alpha value is -3.06. The molecule has 0 bridgehead atoms. The molecular weight excluding hydrogens is 400 g/mol. The van der Waals surface area contributed by atoms with Gasteiger partial charge in [-0.1, -0.05) is 12.1 Å². The zero-order valence-electron chi connectivity index (χ0n) is 17.7. The van der Waals surface area contributed by atoms with Crippen molar-refractivity contribution in [2.45, 2.75) is 19.9 Å². The van der Waals surface area contributed by atoms with Crippen molar-refractivity contribution in [3.05, 3.63) is 59.1 Å². The number of amides is 1. The Morgan fingerprint density at radius 2 is 1.80 bits per heavy atom. The second-order valence-electron chi connectivity index (χ2n) is 6.72. The molecule has 0 saturated heterocycles. The van der Waals surface area contributed by atoms with Gasteiger partial charge < -0.3 is 19.1 Å². The quantitative estimate of drug-likeness (QED) is 0.507. The minimum Gasteiger partial charge on any atom is -0.494 e. The number of thiazole rings is 1. The Morgan fingerprint density at radius 1 is 1.07 bits per heavy atom. The molecule has 2 aromatic carbocycles. The first-order valence-corrected chi connectivity index (χ1v) is 10.5. The summed E-state index contributed by atoms with van der Waals surface area (Å²) in [6.07, 6.45) is 0.261. The molecule has 0 unspecified atom stereocenters. The average Bonchev–Trinajstić information content (AvgIpc) is 3.23. The van der Waals surface area contributed by atoms with Gasteiger partial charge in [-0.15, -0.1) is 11.3 Å². The van der Waals surface area contributed by atoms with Crippen LogP contribution in [0, 0.1) is 0 Å². The summed E-state index contributed by atoms with van der Waals surface area (Å²) in [4.78, 5) is 19.0. The van der Waals surface area contributed by atoms with Crippen LogP contribution in [0.15, 0.2) is 47.8 Å². The largest absolute Gasteiger partial charge is 0.494 e. The van der Waals surface area contributed by atoms with Gasteiger partial charge in [0.1, 0.15) is 10.8 Å². The molecule has 0 atom stereocenters. The number of carbonyl (C=O) groups is 1. The number of rotatable bonds is 9. The molecule has 0 aliphatic heterocycles. The molecule has 158 valence electrons. The van der Waals surface area contributed by atoms with Crippen molar-refractivity contribution >= 4 is 17.2 Å². The van der Waals surface area contributed by atoms with Crippen LogP contribution in [0.1, 0.15) is 18.2 Å². The van der Waals surface area contributed by atoms with Crippen LogP contribution in [-0.2, 0) is 17.8 Å². The van der Waals surface area contributed by atoms with Crippen molar-refractivity contribution in [2.24, 2.45) is 0 Å².